The van der Waals surface area contributed by atoms with Gasteiger partial charge in [0.05, 0.1) is 9.21 Å². The number of rotatable bonds is 4. The fraction of sp³-hybridized carbons (Fsp3) is 0.214. The zero-order chi connectivity index (χ0) is 13.8. The molecule has 0 fully saturated rings. The van der Waals surface area contributed by atoms with Crippen LogP contribution >= 0.6 is 22.9 Å². The Kier molecular flexibility index (Phi) is 4.45. The number of carbonyl (C=O) groups excluding carboxylic acids is 1. The summed E-state index contributed by atoms with van der Waals surface area (Å²) in [6.45, 7) is 2.69. The number of nitrogens with two attached hydrogens (primary N) is 1. The molecule has 19 heavy (non-hydrogen) atoms. The Balaban J connectivity index is 2.32. The van der Waals surface area contributed by atoms with E-state index in [0.717, 1.165) is 12.1 Å². The molecule has 1 amide bonds. The maximum absolute atomic E-state index is 12.5. The van der Waals surface area contributed by atoms with Crippen molar-refractivity contribution < 1.29 is 4.79 Å². The standard InChI is InChI=1S/C14H15ClN2OS/c1-2-8-17(11-5-3-4-10(16)9-11)14(18)12-6-7-13(15)19-12/h3-7,9H,2,8,16H2,1H3. The summed E-state index contributed by atoms with van der Waals surface area (Å²) < 4.78 is 0.618. The van der Waals surface area contributed by atoms with Crippen LogP contribution in [0.15, 0.2) is 36.4 Å². The molecule has 0 aliphatic carbocycles. The Morgan fingerprint density at radius 2 is 2.16 bits per heavy atom. The first-order chi connectivity index (χ1) is 9.11. The van der Waals surface area contributed by atoms with Crippen LogP contribution in [0.1, 0.15) is 23.0 Å². The van der Waals surface area contributed by atoms with E-state index in [1.807, 2.05) is 25.1 Å². The molecule has 2 N–H and O–H groups in total. The minimum absolute atomic E-state index is 0.0376. The second-order valence-corrected chi connectivity index (χ2v) is 5.87. The Morgan fingerprint density at radius 3 is 2.74 bits per heavy atom. The largest absolute Gasteiger partial charge is 0.399 e. The smallest absolute Gasteiger partial charge is 0.268 e. The molecule has 0 aliphatic heterocycles. The summed E-state index contributed by atoms with van der Waals surface area (Å²) in [5.74, 6) is -0.0376. The van der Waals surface area contributed by atoms with Gasteiger partial charge in [0.15, 0.2) is 0 Å². The van der Waals surface area contributed by atoms with Gasteiger partial charge in [0.25, 0.3) is 5.91 Å². The fourth-order valence-corrected chi connectivity index (χ4v) is 2.82. The molecule has 100 valence electrons. The molecule has 0 unspecified atom stereocenters. The van der Waals surface area contributed by atoms with Crippen LogP contribution in [0.5, 0.6) is 0 Å². The molecule has 3 nitrogen and oxygen atoms in total. The van der Waals surface area contributed by atoms with Gasteiger partial charge in [-0.3, -0.25) is 4.79 Å². The zero-order valence-electron chi connectivity index (χ0n) is 10.6. The first-order valence-corrected chi connectivity index (χ1v) is 7.24. The summed E-state index contributed by atoms with van der Waals surface area (Å²) in [6.07, 6.45) is 0.875. The summed E-state index contributed by atoms with van der Waals surface area (Å²) in [5.41, 5.74) is 7.24. The maximum Gasteiger partial charge on any atom is 0.268 e. The van der Waals surface area contributed by atoms with Crippen molar-refractivity contribution in [2.45, 2.75) is 13.3 Å². The van der Waals surface area contributed by atoms with Crippen molar-refractivity contribution in [3.8, 4) is 0 Å². The van der Waals surface area contributed by atoms with Crippen molar-refractivity contribution in [2.75, 3.05) is 17.2 Å². The van der Waals surface area contributed by atoms with Crippen LogP contribution in [0.25, 0.3) is 0 Å². The van der Waals surface area contributed by atoms with Gasteiger partial charge in [-0.1, -0.05) is 24.6 Å². The van der Waals surface area contributed by atoms with E-state index in [1.54, 1.807) is 23.1 Å². The highest BCUT2D eigenvalue weighted by atomic mass is 35.5. The average molecular weight is 295 g/mol. The van der Waals surface area contributed by atoms with Crippen LogP contribution in [0.3, 0.4) is 0 Å². The molecule has 0 atom stereocenters. The average Bonchev–Trinajstić information content (AvgIpc) is 2.82. The van der Waals surface area contributed by atoms with Crippen LogP contribution in [-0.2, 0) is 0 Å². The zero-order valence-corrected chi connectivity index (χ0v) is 12.2. The van der Waals surface area contributed by atoms with Gasteiger partial charge in [-0.25, -0.2) is 0 Å². The molecule has 1 aromatic carbocycles. The van der Waals surface area contributed by atoms with E-state index >= 15 is 0 Å². The molecule has 0 radical (unpaired) electrons. The van der Waals surface area contributed by atoms with Crippen molar-refractivity contribution in [1.29, 1.82) is 0 Å². The van der Waals surface area contributed by atoms with Crippen molar-refractivity contribution in [3.05, 3.63) is 45.6 Å². The molecule has 5 heteroatoms. The number of anilines is 2. The molecular weight excluding hydrogens is 280 g/mol. The number of amides is 1. The number of hydrogen-bond donors (Lipinski definition) is 1. The highest BCUT2D eigenvalue weighted by molar-refractivity contribution is 7.18. The predicted octanol–water partition coefficient (Wildman–Crippen LogP) is 4.04. The Labute approximate surface area is 121 Å². The molecule has 0 aliphatic rings. The first-order valence-electron chi connectivity index (χ1n) is 6.04. The third-order valence-corrected chi connectivity index (χ3v) is 3.88. The Hall–Kier alpha value is -1.52. The van der Waals surface area contributed by atoms with Crippen molar-refractivity contribution in [3.63, 3.8) is 0 Å². The van der Waals surface area contributed by atoms with Crippen LogP contribution < -0.4 is 10.6 Å². The Bertz CT molecular complexity index is 582. The minimum atomic E-state index is -0.0376. The van der Waals surface area contributed by atoms with Crippen LogP contribution in [0.4, 0.5) is 11.4 Å². The van der Waals surface area contributed by atoms with E-state index < -0.39 is 0 Å². The summed E-state index contributed by atoms with van der Waals surface area (Å²) in [6, 6.07) is 10.8. The second kappa shape index (κ2) is 6.08. The molecule has 2 aromatic rings. The van der Waals surface area contributed by atoms with E-state index in [1.165, 1.54) is 11.3 Å². The van der Waals surface area contributed by atoms with E-state index in [4.69, 9.17) is 17.3 Å². The van der Waals surface area contributed by atoms with Gasteiger partial charge in [0, 0.05) is 17.9 Å². The van der Waals surface area contributed by atoms with Crippen LogP contribution in [-0.4, -0.2) is 12.5 Å². The highest BCUT2D eigenvalue weighted by Crippen LogP contribution is 2.26. The molecule has 0 saturated heterocycles. The lowest BCUT2D eigenvalue weighted by atomic mass is 10.2. The first kappa shape index (κ1) is 13.9. The monoisotopic (exact) mass is 294 g/mol. The lowest BCUT2D eigenvalue weighted by Gasteiger charge is -2.21. The maximum atomic E-state index is 12.5. The summed E-state index contributed by atoms with van der Waals surface area (Å²) >= 11 is 7.18. The summed E-state index contributed by atoms with van der Waals surface area (Å²) in [4.78, 5) is 14.9. The fourth-order valence-electron chi connectivity index (χ4n) is 1.83. The van der Waals surface area contributed by atoms with Gasteiger partial charge in [-0.05, 0) is 36.8 Å². The lowest BCUT2D eigenvalue weighted by molar-refractivity contribution is 0.0991. The lowest BCUT2D eigenvalue weighted by Crippen LogP contribution is -2.31. The van der Waals surface area contributed by atoms with Gasteiger partial charge in [-0.15, -0.1) is 11.3 Å². The van der Waals surface area contributed by atoms with Crippen molar-refractivity contribution in [2.24, 2.45) is 0 Å². The van der Waals surface area contributed by atoms with Gasteiger partial charge in [0.2, 0.25) is 0 Å². The van der Waals surface area contributed by atoms with Crippen LogP contribution in [0, 0.1) is 0 Å². The number of carbonyl (C=O) groups is 1. The minimum Gasteiger partial charge on any atom is -0.399 e. The Morgan fingerprint density at radius 1 is 1.37 bits per heavy atom. The molecule has 2 rings (SSSR count). The second-order valence-electron chi connectivity index (χ2n) is 4.16. The number of hydrogen-bond acceptors (Lipinski definition) is 3. The van der Waals surface area contributed by atoms with E-state index in [-0.39, 0.29) is 5.91 Å². The number of thiophene rings is 1. The topological polar surface area (TPSA) is 46.3 Å². The van der Waals surface area contributed by atoms with E-state index in [0.29, 0.717) is 21.4 Å². The SMILES string of the molecule is CCCN(C(=O)c1ccc(Cl)s1)c1cccc(N)c1. The number of halogens is 1. The number of benzene rings is 1. The quantitative estimate of drug-likeness (QED) is 0.865. The number of nitrogen functional groups attached to an aromatic ring is 1. The summed E-state index contributed by atoms with van der Waals surface area (Å²) in [5, 5.41) is 0. The third kappa shape index (κ3) is 3.28. The normalized spacial score (nSPS) is 10.4. The predicted molar refractivity (Wildman–Crippen MR) is 82.2 cm³/mol. The molecular formula is C14H15ClN2OS. The van der Waals surface area contributed by atoms with Crippen molar-refractivity contribution in [1.82, 2.24) is 0 Å². The number of nitrogens with zero attached hydrogens (tertiary/aromatic N) is 1. The third-order valence-electron chi connectivity index (χ3n) is 2.66. The van der Waals surface area contributed by atoms with Gasteiger partial charge >= 0.3 is 0 Å². The molecule has 0 saturated carbocycles. The van der Waals surface area contributed by atoms with E-state index in [2.05, 4.69) is 0 Å². The molecule has 0 bridgehead atoms. The molecule has 1 heterocycles. The van der Waals surface area contributed by atoms with E-state index in [9.17, 15) is 4.79 Å². The van der Waals surface area contributed by atoms with Crippen molar-refractivity contribution >= 4 is 40.2 Å². The summed E-state index contributed by atoms with van der Waals surface area (Å²) in [7, 11) is 0. The van der Waals surface area contributed by atoms with Gasteiger partial charge in [-0.2, -0.15) is 0 Å². The highest BCUT2D eigenvalue weighted by Gasteiger charge is 2.18. The van der Waals surface area contributed by atoms with Crippen LogP contribution in [0.2, 0.25) is 4.34 Å². The van der Waals surface area contributed by atoms with Gasteiger partial charge < -0.3 is 10.6 Å². The van der Waals surface area contributed by atoms with Gasteiger partial charge in [0.1, 0.15) is 0 Å². The molecule has 1 aromatic heterocycles. The molecule has 0 spiro atoms.